The SMILES string of the molecule is COc1cc2ccccc2cc1C(=O)NC(=S)Nc1ccc(C)c(C)c1. The Kier molecular flexibility index (Phi) is 5.19. The van der Waals surface area contributed by atoms with Gasteiger partial charge < -0.3 is 10.1 Å². The third-order valence-electron chi connectivity index (χ3n) is 4.30. The summed E-state index contributed by atoms with van der Waals surface area (Å²) in [5.41, 5.74) is 3.63. The first-order valence-electron chi connectivity index (χ1n) is 8.24. The van der Waals surface area contributed by atoms with Crippen LogP contribution in [0, 0.1) is 13.8 Å². The minimum absolute atomic E-state index is 0.244. The molecule has 3 aromatic rings. The van der Waals surface area contributed by atoms with Crippen molar-refractivity contribution in [1.82, 2.24) is 5.32 Å². The summed E-state index contributed by atoms with van der Waals surface area (Å²) < 4.78 is 5.38. The Morgan fingerprint density at radius 1 is 0.962 bits per heavy atom. The summed E-state index contributed by atoms with van der Waals surface area (Å²) in [7, 11) is 1.55. The van der Waals surface area contributed by atoms with Gasteiger partial charge in [-0.2, -0.15) is 0 Å². The molecule has 0 unspecified atom stereocenters. The van der Waals surface area contributed by atoms with Crippen molar-refractivity contribution in [3.8, 4) is 5.75 Å². The van der Waals surface area contributed by atoms with E-state index in [-0.39, 0.29) is 11.0 Å². The Morgan fingerprint density at radius 2 is 1.65 bits per heavy atom. The van der Waals surface area contributed by atoms with Crippen molar-refractivity contribution in [3.05, 3.63) is 71.3 Å². The molecule has 0 saturated carbocycles. The smallest absolute Gasteiger partial charge is 0.261 e. The monoisotopic (exact) mass is 364 g/mol. The fraction of sp³-hybridized carbons (Fsp3) is 0.143. The summed E-state index contributed by atoms with van der Waals surface area (Å²) >= 11 is 5.28. The molecule has 3 aromatic carbocycles. The number of anilines is 1. The molecule has 0 fully saturated rings. The van der Waals surface area contributed by atoms with Gasteiger partial charge in [0.15, 0.2) is 5.11 Å². The van der Waals surface area contributed by atoms with E-state index in [4.69, 9.17) is 17.0 Å². The van der Waals surface area contributed by atoms with Gasteiger partial charge in [-0.05, 0) is 72.2 Å². The third kappa shape index (κ3) is 3.83. The Balaban J connectivity index is 1.79. The molecule has 3 rings (SSSR count). The van der Waals surface area contributed by atoms with Crippen molar-refractivity contribution in [3.63, 3.8) is 0 Å². The lowest BCUT2D eigenvalue weighted by molar-refractivity contribution is 0.0975. The first-order chi connectivity index (χ1) is 12.5. The molecular formula is C21H20N2O2S. The van der Waals surface area contributed by atoms with Gasteiger partial charge in [-0.25, -0.2) is 0 Å². The number of hydrogen-bond donors (Lipinski definition) is 2. The lowest BCUT2D eigenvalue weighted by atomic mass is 10.1. The number of carbonyl (C=O) groups excluding carboxylic acids is 1. The average molecular weight is 364 g/mol. The largest absolute Gasteiger partial charge is 0.496 e. The number of aryl methyl sites for hydroxylation is 2. The van der Waals surface area contributed by atoms with Gasteiger partial charge in [0.2, 0.25) is 0 Å². The number of rotatable bonds is 3. The molecule has 5 heteroatoms. The van der Waals surface area contributed by atoms with Crippen molar-refractivity contribution in [2.45, 2.75) is 13.8 Å². The molecule has 0 aliphatic carbocycles. The number of thiocarbonyl (C=S) groups is 1. The maximum atomic E-state index is 12.7. The van der Waals surface area contributed by atoms with Gasteiger partial charge in [0, 0.05) is 5.69 Å². The number of hydrogen-bond acceptors (Lipinski definition) is 3. The Hall–Kier alpha value is -2.92. The fourth-order valence-electron chi connectivity index (χ4n) is 2.72. The highest BCUT2D eigenvalue weighted by Gasteiger charge is 2.15. The van der Waals surface area contributed by atoms with Gasteiger partial charge in [0.25, 0.3) is 5.91 Å². The highest BCUT2D eigenvalue weighted by atomic mass is 32.1. The molecule has 0 aliphatic heterocycles. The molecule has 4 nitrogen and oxygen atoms in total. The molecule has 0 aromatic heterocycles. The fourth-order valence-corrected chi connectivity index (χ4v) is 2.93. The molecule has 0 spiro atoms. The van der Waals surface area contributed by atoms with Crippen LogP contribution < -0.4 is 15.4 Å². The van der Waals surface area contributed by atoms with Gasteiger partial charge in [-0.1, -0.05) is 30.3 Å². The normalized spacial score (nSPS) is 10.4. The van der Waals surface area contributed by atoms with Gasteiger partial charge in [0.1, 0.15) is 5.75 Å². The summed E-state index contributed by atoms with van der Waals surface area (Å²) in [6.45, 7) is 4.08. The lowest BCUT2D eigenvalue weighted by Gasteiger charge is -2.13. The lowest BCUT2D eigenvalue weighted by Crippen LogP contribution is -2.34. The van der Waals surface area contributed by atoms with Crippen LogP contribution in [0.2, 0.25) is 0 Å². The van der Waals surface area contributed by atoms with Crippen LogP contribution in [0.3, 0.4) is 0 Å². The molecule has 0 heterocycles. The first-order valence-corrected chi connectivity index (χ1v) is 8.65. The Labute approximate surface area is 158 Å². The van der Waals surface area contributed by atoms with Gasteiger partial charge in [-0.3, -0.25) is 10.1 Å². The van der Waals surface area contributed by atoms with Gasteiger partial charge in [-0.15, -0.1) is 0 Å². The quantitative estimate of drug-likeness (QED) is 0.667. The van der Waals surface area contributed by atoms with Crippen LogP contribution in [0.4, 0.5) is 5.69 Å². The zero-order chi connectivity index (χ0) is 18.7. The predicted octanol–water partition coefficient (Wildman–Crippen LogP) is 4.59. The molecule has 0 bridgehead atoms. The van der Waals surface area contributed by atoms with E-state index < -0.39 is 0 Å². The van der Waals surface area contributed by atoms with Crippen molar-refractivity contribution in [2.75, 3.05) is 12.4 Å². The number of methoxy groups -OCH3 is 1. The zero-order valence-corrected chi connectivity index (χ0v) is 15.7. The number of carbonyl (C=O) groups is 1. The molecule has 0 saturated heterocycles. The van der Waals surface area contributed by atoms with Crippen molar-refractivity contribution >= 4 is 39.7 Å². The number of nitrogens with one attached hydrogen (secondary N) is 2. The zero-order valence-electron chi connectivity index (χ0n) is 14.9. The second-order valence-corrected chi connectivity index (χ2v) is 6.52. The molecule has 0 aliphatic rings. The van der Waals surface area contributed by atoms with Crippen LogP contribution in [-0.2, 0) is 0 Å². The van der Waals surface area contributed by atoms with Crippen LogP contribution in [0.15, 0.2) is 54.6 Å². The molecule has 0 atom stereocenters. The second-order valence-electron chi connectivity index (χ2n) is 6.11. The molecule has 26 heavy (non-hydrogen) atoms. The van der Waals surface area contributed by atoms with Gasteiger partial charge >= 0.3 is 0 Å². The molecule has 0 radical (unpaired) electrons. The van der Waals surface area contributed by atoms with Crippen LogP contribution in [0.5, 0.6) is 5.75 Å². The average Bonchev–Trinajstić information content (AvgIpc) is 2.63. The van der Waals surface area contributed by atoms with E-state index in [0.717, 1.165) is 22.0 Å². The Bertz CT molecular complexity index is 998. The van der Waals surface area contributed by atoms with E-state index in [0.29, 0.717) is 11.3 Å². The van der Waals surface area contributed by atoms with E-state index in [1.165, 1.54) is 5.56 Å². The standard InChI is InChI=1S/C21H20N2O2S/c1-13-8-9-17(10-14(13)2)22-21(26)23-20(24)18-11-15-6-4-5-7-16(15)12-19(18)25-3/h4-12H,1-3H3,(H2,22,23,24,26). The molecule has 132 valence electrons. The maximum absolute atomic E-state index is 12.7. The Morgan fingerprint density at radius 3 is 2.31 bits per heavy atom. The maximum Gasteiger partial charge on any atom is 0.261 e. The predicted molar refractivity (Wildman–Crippen MR) is 110 cm³/mol. The summed E-state index contributed by atoms with van der Waals surface area (Å²) in [6, 6.07) is 17.4. The number of benzene rings is 3. The number of ether oxygens (including phenoxy) is 1. The van der Waals surface area contributed by atoms with E-state index in [9.17, 15) is 4.79 Å². The minimum atomic E-state index is -0.311. The summed E-state index contributed by atoms with van der Waals surface area (Å²) in [6.07, 6.45) is 0. The molecule has 2 N–H and O–H groups in total. The minimum Gasteiger partial charge on any atom is -0.496 e. The summed E-state index contributed by atoms with van der Waals surface area (Å²) in [5.74, 6) is 0.198. The number of fused-ring (bicyclic) bond motifs is 1. The van der Waals surface area contributed by atoms with Crippen molar-refractivity contribution < 1.29 is 9.53 Å². The number of amides is 1. The highest BCUT2D eigenvalue weighted by molar-refractivity contribution is 7.80. The van der Waals surface area contributed by atoms with E-state index in [1.807, 2.05) is 68.4 Å². The summed E-state index contributed by atoms with van der Waals surface area (Å²) in [4.78, 5) is 12.7. The van der Waals surface area contributed by atoms with E-state index >= 15 is 0 Å². The van der Waals surface area contributed by atoms with Gasteiger partial charge in [0.05, 0.1) is 12.7 Å². The van der Waals surface area contributed by atoms with Crippen molar-refractivity contribution in [1.29, 1.82) is 0 Å². The first kappa shape index (κ1) is 17.9. The van der Waals surface area contributed by atoms with Crippen LogP contribution in [0.25, 0.3) is 10.8 Å². The van der Waals surface area contributed by atoms with Crippen LogP contribution in [-0.4, -0.2) is 18.1 Å². The van der Waals surface area contributed by atoms with Crippen molar-refractivity contribution in [2.24, 2.45) is 0 Å². The van der Waals surface area contributed by atoms with Crippen LogP contribution >= 0.6 is 12.2 Å². The van der Waals surface area contributed by atoms with E-state index in [1.54, 1.807) is 7.11 Å². The third-order valence-corrected chi connectivity index (χ3v) is 4.51. The van der Waals surface area contributed by atoms with Crippen LogP contribution in [0.1, 0.15) is 21.5 Å². The topological polar surface area (TPSA) is 50.4 Å². The molecule has 1 amide bonds. The van der Waals surface area contributed by atoms with E-state index in [2.05, 4.69) is 10.6 Å². The molecular weight excluding hydrogens is 344 g/mol. The summed E-state index contributed by atoms with van der Waals surface area (Å²) in [5, 5.41) is 7.98. The second kappa shape index (κ2) is 7.54. The highest BCUT2D eigenvalue weighted by Crippen LogP contribution is 2.26.